The Morgan fingerprint density at radius 2 is 1.67 bits per heavy atom. The Morgan fingerprint density at radius 1 is 1.08 bits per heavy atom. The zero-order valence-corrected chi connectivity index (χ0v) is 15.4. The van der Waals surface area contributed by atoms with Crippen LogP contribution in [0.25, 0.3) is 0 Å². The van der Waals surface area contributed by atoms with Crippen molar-refractivity contribution < 1.29 is 19.1 Å². The van der Waals surface area contributed by atoms with Crippen molar-refractivity contribution >= 4 is 17.5 Å². The molecule has 0 fully saturated rings. The van der Waals surface area contributed by atoms with Gasteiger partial charge in [-0.1, -0.05) is 20.8 Å². The molecule has 0 radical (unpaired) electrons. The highest BCUT2D eigenvalue weighted by molar-refractivity contribution is 5.92. The van der Waals surface area contributed by atoms with Crippen LogP contribution in [-0.4, -0.2) is 32.6 Å². The average molecular weight is 336 g/mol. The fourth-order valence-electron chi connectivity index (χ4n) is 2.04. The quantitative estimate of drug-likeness (QED) is 0.751. The maximum atomic E-state index is 12.1. The number of anilines is 1. The molecule has 0 heterocycles. The molecule has 2 amide bonds. The SMILES string of the molecule is COc1cc(C)c(NC(=O)CCCNC(=O)C(C)(C)C)cc1OC. The molecule has 0 aromatic heterocycles. The molecule has 0 aliphatic carbocycles. The summed E-state index contributed by atoms with van der Waals surface area (Å²) in [4.78, 5) is 23.8. The van der Waals surface area contributed by atoms with Gasteiger partial charge in [0.15, 0.2) is 11.5 Å². The van der Waals surface area contributed by atoms with Crippen LogP contribution >= 0.6 is 0 Å². The third-order valence-corrected chi connectivity index (χ3v) is 3.55. The van der Waals surface area contributed by atoms with Crippen molar-refractivity contribution in [3.8, 4) is 11.5 Å². The second-order valence-electron chi connectivity index (χ2n) is 6.68. The van der Waals surface area contributed by atoms with E-state index in [0.717, 1.165) is 5.56 Å². The van der Waals surface area contributed by atoms with Crippen molar-refractivity contribution in [2.24, 2.45) is 5.41 Å². The van der Waals surface area contributed by atoms with E-state index in [0.29, 0.717) is 36.6 Å². The Morgan fingerprint density at radius 3 is 2.21 bits per heavy atom. The van der Waals surface area contributed by atoms with E-state index in [4.69, 9.17) is 9.47 Å². The predicted octanol–water partition coefficient (Wildman–Crippen LogP) is 2.89. The van der Waals surface area contributed by atoms with Crippen molar-refractivity contribution in [1.82, 2.24) is 5.32 Å². The summed E-state index contributed by atoms with van der Waals surface area (Å²) in [5.74, 6) is 1.07. The van der Waals surface area contributed by atoms with Gasteiger partial charge in [0.25, 0.3) is 0 Å². The maximum Gasteiger partial charge on any atom is 0.225 e. The van der Waals surface area contributed by atoms with Gasteiger partial charge in [-0.15, -0.1) is 0 Å². The lowest BCUT2D eigenvalue weighted by Gasteiger charge is -2.17. The Bertz CT molecular complexity index is 591. The van der Waals surface area contributed by atoms with E-state index in [2.05, 4.69) is 10.6 Å². The number of aryl methyl sites for hydroxylation is 1. The van der Waals surface area contributed by atoms with Crippen LogP contribution in [0.15, 0.2) is 12.1 Å². The van der Waals surface area contributed by atoms with Gasteiger partial charge in [-0.05, 0) is 25.0 Å². The average Bonchev–Trinajstić information content (AvgIpc) is 2.51. The predicted molar refractivity (Wildman–Crippen MR) is 94.6 cm³/mol. The van der Waals surface area contributed by atoms with Crippen molar-refractivity contribution in [3.63, 3.8) is 0 Å². The summed E-state index contributed by atoms with van der Waals surface area (Å²) < 4.78 is 10.5. The summed E-state index contributed by atoms with van der Waals surface area (Å²) >= 11 is 0. The summed E-state index contributed by atoms with van der Waals surface area (Å²) in [6.07, 6.45) is 0.915. The monoisotopic (exact) mass is 336 g/mol. The molecular weight excluding hydrogens is 308 g/mol. The van der Waals surface area contributed by atoms with Crippen molar-refractivity contribution in [1.29, 1.82) is 0 Å². The van der Waals surface area contributed by atoms with Gasteiger partial charge in [0, 0.05) is 30.1 Å². The minimum Gasteiger partial charge on any atom is -0.493 e. The molecule has 24 heavy (non-hydrogen) atoms. The fourth-order valence-corrected chi connectivity index (χ4v) is 2.04. The van der Waals surface area contributed by atoms with Crippen molar-refractivity contribution in [3.05, 3.63) is 17.7 Å². The van der Waals surface area contributed by atoms with Gasteiger partial charge in [-0.25, -0.2) is 0 Å². The first-order valence-corrected chi connectivity index (χ1v) is 7.99. The van der Waals surface area contributed by atoms with E-state index >= 15 is 0 Å². The molecule has 2 N–H and O–H groups in total. The molecule has 0 aliphatic rings. The Balaban J connectivity index is 2.53. The highest BCUT2D eigenvalue weighted by atomic mass is 16.5. The molecule has 0 saturated carbocycles. The Labute approximate surface area is 143 Å². The van der Waals surface area contributed by atoms with E-state index in [9.17, 15) is 9.59 Å². The van der Waals surface area contributed by atoms with Crippen molar-refractivity contribution in [2.45, 2.75) is 40.5 Å². The van der Waals surface area contributed by atoms with Crippen LogP contribution in [0.3, 0.4) is 0 Å². The third kappa shape index (κ3) is 5.76. The highest BCUT2D eigenvalue weighted by Gasteiger charge is 2.20. The summed E-state index contributed by atoms with van der Waals surface area (Å²) in [6.45, 7) is 7.94. The maximum absolute atomic E-state index is 12.1. The van der Waals surface area contributed by atoms with Crippen LogP contribution in [0.4, 0.5) is 5.69 Å². The van der Waals surface area contributed by atoms with Gasteiger partial charge in [-0.2, -0.15) is 0 Å². The zero-order valence-electron chi connectivity index (χ0n) is 15.4. The Kier molecular flexibility index (Phi) is 7.07. The molecule has 0 saturated heterocycles. The molecular formula is C18H28N2O4. The number of amides is 2. The lowest BCUT2D eigenvalue weighted by Crippen LogP contribution is -2.35. The molecule has 1 rings (SSSR count). The molecule has 0 unspecified atom stereocenters. The number of rotatable bonds is 7. The standard InChI is InChI=1S/C18H28N2O4/c1-12-10-14(23-5)15(24-6)11-13(12)20-16(21)8-7-9-19-17(22)18(2,3)4/h10-11H,7-9H2,1-6H3,(H,19,22)(H,20,21). The van der Waals surface area contributed by atoms with Crippen LogP contribution < -0.4 is 20.1 Å². The molecule has 0 bridgehead atoms. The van der Waals surface area contributed by atoms with Crippen LogP contribution in [0, 0.1) is 12.3 Å². The number of hydrogen-bond acceptors (Lipinski definition) is 4. The molecule has 1 aromatic carbocycles. The number of carbonyl (C=O) groups excluding carboxylic acids is 2. The van der Waals surface area contributed by atoms with E-state index < -0.39 is 5.41 Å². The van der Waals surface area contributed by atoms with Gasteiger partial charge < -0.3 is 20.1 Å². The van der Waals surface area contributed by atoms with E-state index in [-0.39, 0.29) is 11.8 Å². The van der Waals surface area contributed by atoms with Gasteiger partial charge >= 0.3 is 0 Å². The van der Waals surface area contributed by atoms with Crippen LogP contribution in [0.2, 0.25) is 0 Å². The zero-order chi connectivity index (χ0) is 18.3. The Hall–Kier alpha value is -2.24. The number of hydrogen-bond donors (Lipinski definition) is 2. The van der Waals surface area contributed by atoms with Gasteiger partial charge in [0.2, 0.25) is 11.8 Å². The lowest BCUT2D eigenvalue weighted by atomic mass is 9.96. The molecule has 0 atom stereocenters. The number of benzene rings is 1. The second-order valence-corrected chi connectivity index (χ2v) is 6.68. The van der Waals surface area contributed by atoms with Gasteiger partial charge in [0.1, 0.15) is 0 Å². The summed E-state index contributed by atoms with van der Waals surface area (Å²) in [6, 6.07) is 3.56. The number of carbonyl (C=O) groups is 2. The smallest absolute Gasteiger partial charge is 0.225 e. The molecule has 6 nitrogen and oxygen atoms in total. The van der Waals surface area contributed by atoms with Crippen LogP contribution in [0.1, 0.15) is 39.2 Å². The van der Waals surface area contributed by atoms with E-state index in [1.165, 1.54) is 0 Å². The van der Waals surface area contributed by atoms with Crippen LogP contribution in [0.5, 0.6) is 11.5 Å². The number of methoxy groups -OCH3 is 2. The fraction of sp³-hybridized carbons (Fsp3) is 0.556. The highest BCUT2D eigenvalue weighted by Crippen LogP contribution is 2.32. The second kappa shape index (κ2) is 8.57. The largest absolute Gasteiger partial charge is 0.493 e. The molecule has 1 aromatic rings. The summed E-state index contributed by atoms with van der Waals surface area (Å²) in [5, 5.41) is 5.70. The van der Waals surface area contributed by atoms with Gasteiger partial charge in [0.05, 0.1) is 14.2 Å². The van der Waals surface area contributed by atoms with Crippen molar-refractivity contribution in [2.75, 3.05) is 26.1 Å². The molecule has 6 heteroatoms. The first-order valence-electron chi connectivity index (χ1n) is 7.99. The number of ether oxygens (including phenoxy) is 2. The first-order chi connectivity index (χ1) is 11.2. The normalized spacial score (nSPS) is 10.9. The van der Waals surface area contributed by atoms with Crippen LogP contribution in [-0.2, 0) is 9.59 Å². The first kappa shape index (κ1) is 19.8. The number of nitrogens with one attached hydrogen (secondary N) is 2. The van der Waals surface area contributed by atoms with Gasteiger partial charge in [-0.3, -0.25) is 9.59 Å². The summed E-state index contributed by atoms with van der Waals surface area (Å²) in [7, 11) is 3.12. The van der Waals surface area contributed by atoms with E-state index in [1.54, 1.807) is 20.3 Å². The molecule has 134 valence electrons. The molecule has 0 aliphatic heterocycles. The molecule has 0 spiro atoms. The lowest BCUT2D eigenvalue weighted by molar-refractivity contribution is -0.128. The topological polar surface area (TPSA) is 76.7 Å². The third-order valence-electron chi connectivity index (χ3n) is 3.55. The van der Waals surface area contributed by atoms with E-state index in [1.807, 2.05) is 33.8 Å². The minimum atomic E-state index is -0.418. The summed E-state index contributed by atoms with van der Waals surface area (Å²) in [5.41, 5.74) is 1.16. The minimum absolute atomic E-state index is 0.0151.